The van der Waals surface area contributed by atoms with Crippen molar-refractivity contribution in [3.05, 3.63) is 70.8 Å². The van der Waals surface area contributed by atoms with E-state index in [0.717, 1.165) is 44.0 Å². The van der Waals surface area contributed by atoms with Gasteiger partial charge >= 0.3 is 0 Å². The third-order valence-electron chi connectivity index (χ3n) is 6.73. The van der Waals surface area contributed by atoms with E-state index >= 15 is 0 Å². The van der Waals surface area contributed by atoms with Crippen LogP contribution in [0.5, 0.6) is 11.5 Å². The van der Waals surface area contributed by atoms with Gasteiger partial charge in [-0.25, -0.2) is 0 Å². The van der Waals surface area contributed by atoms with Crippen LogP contribution in [0.25, 0.3) is 10.8 Å². The van der Waals surface area contributed by atoms with Gasteiger partial charge in [0.2, 0.25) is 0 Å². The number of rotatable bonds is 7. The van der Waals surface area contributed by atoms with Crippen molar-refractivity contribution in [3.63, 3.8) is 0 Å². The van der Waals surface area contributed by atoms with Gasteiger partial charge in [-0.2, -0.15) is 0 Å². The lowest BCUT2D eigenvalue weighted by Gasteiger charge is -2.40. The minimum absolute atomic E-state index is 0. The van der Waals surface area contributed by atoms with Crippen molar-refractivity contribution in [1.82, 2.24) is 9.80 Å². The van der Waals surface area contributed by atoms with E-state index in [4.69, 9.17) is 9.47 Å². The predicted octanol–water partition coefficient (Wildman–Crippen LogP) is 6.24. The molecule has 3 aromatic rings. The van der Waals surface area contributed by atoms with Crippen molar-refractivity contribution >= 4 is 35.6 Å². The Morgan fingerprint density at radius 1 is 0.970 bits per heavy atom. The number of benzene rings is 3. The molecule has 0 fully saturated rings. The van der Waals surface area contributed by atoms with E-state index in [-0.39, 0.29) is 24.8 Å². The second-order valence-electron chi connectivity index (χ2n) is 8.58. The maximum atomic E-state index is 5.55. The molecule has 0 amide bonds. The van der Waals surface area contributed by atoms with Crippen LogP contribution in [0.4, 0.5) is 0 Å². The maximum Gasteiger partial charge on any atom is 0.161 e. The fourth-order valence-electron chi connectivity index (χ4n) is 5.02. The van der Waals surface area contributed by atoms with Gasteiger partial charge in [-0.1, -0.05) is 43.3 Å². The summed E-state index contributed by atoms with van der Waals surface area (Å²) in [6.07, 6.45) is 2.51. The number of ether oxygens (including phenoxy) is 2. The van der Waals surface area contributed by atoms with Gasteiger partial charge < -0.3 is 9.47 Å². The van der Waals surface area contributed by atoms with E-state index in [1.807, 2.05) is 0 Å². The summed E-state index contributed by atoms with van der Waals surface area (Å²) in [5.74, 6) is 1.64. The molecule has 1 aliphatic heterocycles. The third kappa shape index (κ3) is 5.58. The normalized spacial score (nSPS) is 14.2. The Morgan fingerprint density at radius 3 is 2.30 bits per heavy atom. The van der Waals surface area contributed by atoms with Crippen LogP contribution in [0.15, 0.2) is 48.5 Å². The summed E-state index contributed by atoms with van der Waals surface area (Å²) in [4.78, 5) is 5.12. The number of hydrogen-bond donors (Lipinski definition) is 0. The number of halogens is 2. The SMILES string of the molecule is CCC(N(C)Cc1c(C)ccc2ccccc12)N1CCc2cc(OC)c(OC)cc2C1.Cl.Cl. The van der Waals surface area contributed by atoms with Gasteiger partial charge in [0, 0.05) is 19.6 Å². The summed E-state index contributed by atoms with van der Waals surface area (Å²) < 4.78 is 11.1. The van der Waals surface area contributed by atoms with Gasteiger partial charge in [-0.05, 0) is 72.0 Å². The minimum Gasteiger partial charge on any atom is -0.493 e. The third-order valence-corrected chi connectivity index (χ3v) is 6.73. The Bertz CT molecular complexity index is 1070. The number of fused-ring (bicyclic) bond motifs is 2. The number of nitrogens with zero attached hydrogens (tertiary/aromatic N) is 2. The zero-order valence-corrected chi connectivity index (χ0v) is 21.9. The molecule has 0 aliphatic carbocycles. The van der Waals surface area contributed by atoms with Crippen LogP contribution in [-0.2, 0) is 19.5 Å². The molecule has 1 unspecified atom stereocenters. The molecule has 4 rings (SSSR count). The highest BCUT2D eigenvalue weighted by Crippen LogP contribution is 2.34. The summed E-state index contributed by atoms with van der Waals surface area (Å²) in [6, 6.07) is 17.5. The van der Waals surface area contributed by atoms with E-state index in [0.29, 0.717) is 6.17 Å². The molecular formula is C27H36Cl2N2O2. The molecule has 0 radical (unpaired) electrons. The second kappa shape index (κ2) is 11.9. The Morgan fingerprint density at radius 2 is 1.64 bits per heavy atom. The Labute approximate surface area is 210 Å². The molecule has 180 valence electrons. The van der Waals surface area contributed by atoms with Crippen LogP contribution in [0.2, 0.25) is 0 Å². The van der Waals surface area contributed by atoms with Crippen molar-refractivity contribution in [1.29, 1.82) is 0 Å². The molecular weight excluding hydrogens is 455 g/mol. The summed E-state index contributed by atoms with van der Waals surface area (Å²) in [6.45, 7) is 7.46. The van der Waals surface area contributed by atoms with E-state index in [9.17, 15) is 0 Å². The highest BCUT2D eigenvalue weighted by Gasteiger charge is 2.27. The lowest BCUT2D eigenvalue weighted by Crippen LogP contribution is -2.48. The largest absolute Gasteiger partial charge is 0.493 e. The quantitative estimate of drug-likeness (QED) is 0.391. The second-order valence-corrected chi connectivity index (χ2v) is 8.58. The lowest BCUT2D eigenvalue weighted by atomic mass is 9.97. The van der Waals surface area contributed by atoms with Crippen LogP contribution >= 0.6 is 24.8 Å². The minimum atomic E-state index is 0. The molecule has 6 heteroatoms. The van der Waals surface area contributed by atoms with Crippen LogP contribution < -0.4 is 9.47 Å². The zero-order valence-electron chi connectivity index (χ0n) is 20.3. The molecule has 33 heavy (non-hydrogen) atoms. The van der Waals surface area contributed by atoms with E-state index < -0.39 is 0 Å². The van der Waals surface area contributed by atoms with Crippen molar-refractivity contribution in [2.75, 3.05) is 27.8 Å². The standard InChI is InChI=1S/C27H34N2O2.2ClH/c1-6-27(28(3)18-24-19(2)11-12-20-9-7-8-10-23(20)24)29-14-13-21-15-25(30-4)26(31-5)16-22(21)17-29;;/h7-12,15-16,27H,6,13-14,17-18H2,1-5H3;2*1H. The van der Waals surface area contributed by atoms with E-state index in [1.54, 1.807) is 14.2 Å². The Hall–Kier alpha value is -1.98. The fraction of sp³-hybridized carbons (Fsp3) is 0.407. The molecule has 0 N–H and O–H groups in total. The predicted molar refractivity (Wildman–Crippen MR) is 142 cm³/mol. The Kier molecular flexibility index (Phi) is 9.86. The molecule has 3 aromatic carbocycles. The summed E-state index contributed by atoms with van der Waals surface area (Å²) >= 11 is 0. The van der Waals surface area contributed by atoms with Gasteiger partial charge in [-0.3, -0.25) is 9.80 Å². The molecule has 0 spiro atoms. The summed E-state index contributed by atoms with van der Waals surface area (Å²) in [7, 11) is 5.68. The molecule has 4 nitrogen and oxygen atoms in total. The molecule has 1 atom stereocenters. The van der Waals surface area contributed by atoms with Crippen LogP contribution in [-0.4, -0.2) is 43.8 Å². The number of methoxy groups -OCH3 is 2. The molecule has 1 heterocycles. The van der Waals surface area contributed by atoms with Crippen molar-refractivity contribution < 1.29 is 9.47 Å². The molecule has 0 aromatic heterocycles. The molecule has 0 saturated heterocycles. The van der Waals surface area contributed by atoms with Gasteiger partial charge in [0.1, 0.15) is 0 Å². The zero-order chi connectivity index (χ0) is 22.0. The van der Waals surface area contributed by atoms with Crippen LogP contribution in [0, 0.1) is 6.92 Å². The van der Waals surface area contributed by atoms with Crippen molar-refractivity contribution in [2.45, 2.75) is 45.9 Å². The topological polar surface area (TPSA) is 24.9 Å². The maximum absolute atomic E-state index is 5.55. The van der Waals surface area contributed by atoms with Gasteiger partial charge in [-0.15, -0.1) is 24.8 Å². The molecule has 0 saturated carbocycles. The smallest absolute Gasteiger partial charge is 0.161 e. The first-order valence-corrected chi connectivity index (χ1v) is 11.2. The fourth-order valence-corrected chi connectivity index (χ4v) is 5.02. The van der Waals surface area contributed by atoms with Gasteiger partial charge in [0.25, 0.3) is 0 Å². The average molecular weight is 492 g/mol. The van der Waals surface area contributed by atoms with Crippen molar-refractivity contribution in [2.24, 2.45) is 0 Å². The highest BCUT2D eigenvalue weighted by molar-refractivity contribution is 5.86. The number of hydrogen-bond acceptors (Lipinski definition) is 4. The molecule has 0 bridgehead atoms. The van der Waals surface area contributed by atoms with Gasteiger partial charge in [0.05, 0.1) is 20.4 Å². The highest BCUT2D eigenvalue weighted by atomic mass is 35.5. The first kappa shape index (κ1) is 27.3. The van der Waals surface area contributed by atoms with Gasteiger partial charge in [0.15, 0.2) is 11.5 Å². The first-order chi connectivity index (χ1) is 15.0. The monoisotopic (exact) mass is 490 g/mol. The summed E-state index contributed by atoms with van der Waals surface area (Å²) in [5.41, 5.74) is 5.51. The Balaban J connectivity index is 0.00000193. The lowest BCUT2D eigenvalue weighted by molar-refractivity contribution is 0.0420. The van der Waals surface area contributed by atoms with Crippen LogP contribution in [0.1, 0.15) is 35.6 Å². The van der Waals surface area contributed by atoms with Crippen molar-refractivity contribution in [3.8, 4) is 11.5 Å². The number of aryl methyl sites for hydroxylation is 1. The van der Waals surface area contributed by atoms with E-state index in [1.165, 1.54) is 33.0 Å². The van der Waals surface area contributed by atoms with Crippen LogP contribution in [0.3, 0.4) is 0 Å². The first-order valence-electron chi connectivity index (χ1n) is 11.2. The molecule has 1 aliphatic rings. The average Bonchev–Trinajstić information content (AvgIpc) is 2.80. The van der Waals surface area contributed by atoms with E-state index in [2.05, 4.69) is 79.2 Å². The summed E-state index contributed by atoms with van der Waals surface area (Å²) in [5, 5.41) is 2.68.